The Morgan fingerprint density at radius 3 is 2.45 bits per heavy atom. The Hall–Kier alpha value is -4.27. The molecule has 0 atom stereocenters. The average Bonchev–Trinajstić information content (AvgIpc) is 3.43. The van der Waals surface area contributed by atoms with E-state index in [-0.39, 0.29) is 0 Å². The van der Waals surface area contributed by atoms with E-state index in [2.05, 4.69) is 54.7 Å². The van der Waals surface area contributed by atoms with Gasteiger partial charge in [0.05, 0.1) is 18.5 Å². The maximum absolute atomic E-state index is 5.82. The van der Waals surface area contributed by atoms with E-state index in [1.165, 1.54) is 11.1 Å². The quantitative estimate of drug-likeness (QED) is 0.400. The lowest BCUT2D eigenvalue weighted by atomic mass is 10.1. The van der Waals surface area contributed by atoms with Gasteiger partial charge in [0.2, 0.25) is 5.95 Å². The molecular weight excluding hydrogens is 414 g/mol. The summed E-state index contributed by atoms with van der Waals surface area (Å²) in [5.74, 6) is 1.07. The summed E-state index contributed by atoms with van der Waals surface area (Å²) in [6.07, 6.45) is 7.51. The van der Waals surface area contributed by atoms with Gasteiger partial charge in [0.25, 0.3) is 0 Å². The molecule has 0 amide bonds. The molecule has 0 spiro atoms. The number of nitrogens with zero attached hydrogens (tertiary/aromatic N) is 7. The highest BCUT2D eigenvalue weighted by atomic mass is 15.3. The van der Waals surface area contributed by atoms with Gasteiger partial charge >= 0.3 is 0 Å². The van der Waals surface area contributed by atoms with Crippen LogP contribution in [0.1, 0.15) is 27.9 Å². The molecule has 1 aromatic carbocycles. The van der Waals surface area contributed by atoms with Crippen LogP contribution < -0.4 is 11.1 Å². The maximum Gasteiger partial charge on any atom is 0.225 e. The first kappa shape index (κ1) is 20.6. The van der Waals surface area contributed by atoms with Gasteiger partial charge in [-0.1, -0.05) is 24.3 Å². The summed E-state index contributed by atoms with van der Waals surface area (Å²) in [7, 11) is 0. The molecular formula is C24H25N9. The lowest BCUT2D eigenvalue weighted by Gasteiger charge is -2.11. The second kappa shape index (κ2) is 8.70. The van der Waals surface area contributed by atoms with Crippen LogP contribution in [-0.2, 0) is 19.6 Å². The Kier molecular flexibility index (Phi) is 5.43. The van der Waals surface area contributed by atoms with Crippen molar-refractivity contribution in [2.24, 2.45) is 0 Å². The number of hydrogen-bond donors (Lipinski definition) is 2. The standard InChI is InChI=1S/C24H25N9/c1-16-10-22(25)29-17(2)21(16)12-27-24-26-11-20-15-33(31-23(20)30-24)14-19-6-4-18(5-7-19)13-32-9-3-8-28-32/h3-11,15H,12-14H2,1-2H3,(H2,25,29)(H,27,30,31). The highest BCUT2D eigenvalue weighted by Gasteiger charge is 2.09. The van der Waals surface area contributed by atoms with Crippen LogP contribution in [0.5, 0.6) is 0 Å². The third-order valence-electron chi connectivity index (χ3n) is 5.58. The molecule has 0 aliphatic carbocycles. The largest absolute Gasteiger partial charge is 0.384 e. The zero-order valence-corrected chi connectivity index (χ0v) is 18.6. The first-order valence-electron chi connectivity index (χ1n) is 10.8. The molecule has 0 radical (unpaired) electrons. The Bertz CT molecular complexity index is 1360. The van der Waals surface area contributed by atoms with Gasteiger partial charge in [0.15, 0.2) is 5.65 Å². The lowest BCUT2D eigenvalue weighted by Crippen LogP contribution is -2.08. The van der Waals surface area contributed by atoms with Crippen molar-refractivity contribution in [1.29, 1.82) is 0 Å². The molecule has 0 saturated heterocycles. The molecule has 0 bridgehead atoms. The Morgan fingerprint density at radius 1 is 1.00 bits per heavy atom. The van der Waals surface area contributed by atoms with Crippen LogP contribution in [0.2, 0.25) is 0 Å². The van der Waals surface area contributed by atoms with E-state index in [1.54, 1.807) is 12.4 Å². The predicted molar refractivity (Wildman–Crippen MR) is 128 cm³/mol. The van der Waals surface area contributed by atoms with Crippen LogP contribution in [0.4, 0.5) is 11.8 Å². The molecule has 33 heavy (non-hydrogen) atoms. The summed E-state index contributed by atoms with van der Waals surface area (Å²) >= 11 is 0. The van der Waals surface area contributed by atoms with Crippen molar-refractivity contribution in [3.8, 4) is 0 Å². The van der Waals surface area contributed by atoms with Crippen molar-refractivity contribution >= 4 is 22.8 Å². The molecule has 3 N–H and O–H groups in total. The van der Waals surface area contributed by atoms with Crippen molar-refractivity contribution in [3.05, 3.63) is 89.1 Å². The highest BCUT2D eigenvalue weighted by molar-refractivity contribution is 5.73. The Morgan fingerprint density at radius 2 is 1.76 bits per heavy atom. The van der Waals surface area contributed by atoms with Crippen molar-refractivity contribution in [2.75, 3.05) is 11.1 Å². The van der Waals surface area contributed by atoms with E-state index >= 15 is 0 Å². The second-order valence-corrected chi connectivity index (χ2v) is 8.10. The third-order valence-corrected chi connectivity index (χ3v) is 5.58. The van der Waals surface area contributed by atoms with E-state index in [0.717, 1.165) is 28.8 Å². The van der Waals surface area contributed by atoms with Gasteiger partial charge in [-0.3, -0.25) is 9.36 Å². The van der Waals surface area contributed by atoms with E-state index in [4.69, 9.17) is 5.73 Å². The fraction of sp³-hybridized carbons (Fsp3) is 0.208. The number of fused-ring (bicyclic) bond motifs is 1. The molecule has 166 valence electrons. The number of nitrogens with one attached hydrogen (secondary N) is 1. The molecule has 0 saturated carbocycles. The van der Waals surface area contributed by atoms with Crippen LogP contribution >= 0.6 is 0 Å². The fourth-order valence-electron chi connectivity index (χ4n) is 3.87. The van der Waals surface area contributed by atoms with Crippen LogP contribution in [0.15, 0.2) is 61.2 Å². The zero-order chi connectivity index (χ0) is 22.8. The second-order valence-electron chi connectivity index (χ2n) is 8.10. The predicted octanol–water partition coefficient (Wildman–Crippen LogP) is 3.33. The van der Waals surface area contributed by atoms with Crippen LogP contribution in [0.3, 0.4) is 0 Å². The number of nitrogen functional groups attached to an aromatic ring is 1. The molecule has 5 rings (SSSR count). The molecule has 0 fully saturated rings. The first-order valence-corrected chi connectivity index (χ1v) is 10.8. The minimum Gasteiger partial charge on any atom is -0.384 e. The number of nitrogens with two attached hydrogens (primary N) is 1. The lowest BCUT2D eigenvalue weighted by molar-refractivity contribution is 0.681. The van der Waals surface area contributed by atoms with Crippen molar-refractivity contribution in [3.63, 3.8) is 0 Å². The number of aromatic nitrogens is 7. The van der Waals surface area contributed by atoms with Crippen LogP contribution in [0.25, 0.3) is 11.0 Å². The van der Waals surface area contributed by atoms with Gasteiger partial charge in [-0.15, -0.1) is 0 Å². The zero-order valence-electron chi connectivity index (χ0n) is 18.6. The highest BCUT2D eigenvalue weighted by Crippen LogP contribution is 2.17. The fourth-order valence-corrected chi connectivity index (χ4v) is 3.87. The smallest absolute Gasteiger partial charge is 0.225 e. The summed E-state index contributed by atoms with van der Waals surface area (Å²) in [4.78, 5) is 13.4. The summed E-state index contributed by atoms with van der Waals surface area (Å²) < 4.78 is 3.80. The molecule has 9 heteroatoms. The van der Waals surface area contributed by atoms with E-state index in [1.807, 2.05) is 47.7 Å². The van der Waals surface area contributed by atoms with Crippen molar-refractivity contribution in [1.82, 2.24) is 34.5 Å². The number of anilines is 2. The van der Waals surface area contributed by atoms with E-state index < -0.39 is 0 Å². The normalized spacial score (nSPS) is 11.2. The summed E-state index contributed by atoms with van der Waals surface area (Å²) in [6.45, 7) is 5.97. The first-order chi connectivity index (χ1) is 16.0. The number of benzene rings is 1. The van der Waals surface area contributed by atoms with Crippen molar-refractivity contribution < 1.29 is 0 Å². The third kappa shape index (κ3) is 4.67. The molecule has 5 aromatic rings. The average molecular weight is 440 g/mol. The topological polar surface area (TPSA) is 112 Å². The number of rotatable bonds is 7. The minimum absolute atomic E-state index is 0.532. The SMILES string of the molecule is Cc1cc(N)nc(C)c1CNc1ncc2cn(Cc3ccc(Cn4cccn4)cc3)nc2n1. The number of pyridine rings is 1. The van der Waals surface area contributed by atoms with Crippen molar-refractivity contribution in [2.45, 2.75) is 33.5 Å². The van der Waals surface area contributed by atoms with Gasteiger partial charge in [-0.2, -0.15) is 15.2 Å². The summed E-state index contributed by atoms with van der Waals surface area (Å²) in [5, 5.41) is 13.1. The molecule has 0 aliphatic rings. The molecule has 4 aromatic heterocycles. The van der Waals surface area contributed by atoms with Gasteiger partial charge in [0.1, 0.15) is 5.82 Å². The molecule has 0 unspecified atom stereocenters. The van der Waals surface area contributed by atoms with Gasteiger partial charge in [0, 0.05) is 37.0 Å². The molecule has 9 nitrogen and oxygen atoms in total. The summed E-state index contributed by atoms with van der Waals surface area (Å²) in [6, 6.07) is 12.3. The Labute approximate surface area is 191 Å². The van der Waals surface area contributed by atoms with Gasteiger partial charge in [-0.25, -0.2) is 9.97 Å². The van der Waals surface area contributed by atoms with E-state index in [0.29, 0.717) is 30.5 Å². The summed E-state index contributed by atoms with van der Waals surface area (Å²) in [5.41, 5.74) is 11.9. The Balaban J connectivity index is 1.26. The maximum atomic E-state index is 5.82. The molecule has 4 heterocycles. The number of aryl methyl sites for hydroxylation is 2. The van der Waals surface area contributed by atoms with E-state index in [9.17, 15) is 0 Å². The van der Waals surface area contributed by atoms with Crippen LogP contribution in [0, 0.1) is 13.8 Å². The monoisotopic (exact) mass is 439 g/mol. The number of hydrogen-bond acceptors (Lipinski definition) is 7. The van der Waals surface area contributed by atoms with Gasteiger partial charge < -0.3 is 11.1 Å². The van der Waals surface area contributed by atoms with Crippen LogP contribution in [-0.4, -0.2) is 34.5 Å². The minimum atomic E-state index is 0.532. The van der Waals surface area contributed by atoms with Gasteiger partial charge in [-0.05, 0) is 48.2 Å². The molecule has 0 aliphatic heterocycles.